The lowest BCUT2D eigenvalue weighted by Gasteiger charge is -2.24. The highest BCUT2D eigenvalue weighted by atomic mass is 16.1. The predicted molar refractivity (Wildman–Crippen MR) is 75.3 cm³/mol. The Bertz CT molecular complexity index is 434. The van der Waals surface area contributed by atoms with Gasteiger partial charge in [0, 0.05) is 11.3 Å². The van der Waals surface area contributed by atoms with E-state index in [4.69, 9.17) is 0 Å². The van der Waals surface area contributed by atoms with Crippen LogP contribution in [0.4, 0.5) is 5.69 Å². The van der Waals surface area contributed by atoms with Gasteiger partial charge in [-0.3, -0.25) is 4.79 Å². The van der Waals surface area contributed by atoms with E-state index in [0.29, 0.717) is 5.92 Å². The zero-order valence-corrected chi connectivity index (χ0v) is 11.1. The van der Waals surface area contributed by atoms with Crippen LogP contribution in [0.3, 0.4) is 0 Å². The SMILES string of the molecule is CC(C)[C@H]1CC=C(C(=O)Nc2ccccc2)CC1. The van der Waals surface area contributed by atoms with Gasteiger partial charge >= 0.3 is 0 Å². The van der Waals surface area contributed by atoms with Crippen molar-refractivity contribution in [3.63, 3.8) is 0 Å². The van der Waals surface area contributed by atoms with E-state index in [0.717, 1.165) is 36.4 Å². The highest BCUT2D eigenvalue weighted by Gasteiger charge is 2.20. The molecule has 1 aliphatic rings. The van der Waals surface area contributed by atoms with Gasteiger partial charge in [-0.25, -0.2) is 0 Å². The zero-order valence-electron chi connectivity index (χ0n) is 11.1. The number of rotatable bonds is 3. The molecule has 0 aromatic heterocycles. The van der Waals surface area contributed by atoms with Crippen LogP contribution >= 0.6 is 0 Å². The average Bonchev–Trinajstić information content (AvgIpc) is 2.40. The van der Waals surface area contributed by atoms with Gasteiger partial charge in [0.15, 0.2) is 0 Å². The maximum Gasteiger partial charge on any atom is 0.251 e. The molecule has 1 aromatic rings. The molecule has 0 spiro atoms. The number of para-hydroxylation sites is 1. The van der Waals surface area contributed by atoms with Gasteiger partial charge in [-0.05, 0) is 43.2 Å². The molecule has 0 fully saturated rings. The summed E-state index contributed by atoms with van der Waals surface area (Å²) in [5.74, 6) is 1.50. The molecule has 1 amide bonds. The molecular formula is C16H21NO. The monoisotopic (exact) mass is 243 g/mol. The van der Waals surface area contributed by atoms with E-state index in [2.05, 4.69) is 25.2 Å². The van der Waals surface area contributed by atoms with Gasteiger partial charge in [-0.1, -0.05) is 38.1 Å². The minimum Gasteiger partial charge on any atom is -0.322 e. The minimum absolute atomic E-state index is 0.0587. The molecule has 1 aromatic carbocycles. The van der Waals surface area contributed by atoms with Crippen molar-refractivity contribution < 1.29 is 4.79 Å². The minimum atomic E-state index is 0.0587. The molecule has 0 saturated carbocycles. The number of anilines is 1. The second kappa shape index (κ2) is 5.85. The number of carbonyl (C=O) groups excluding carboxylic acids is 1. The first-order valence-electron chi connectivity index (χ1n) is 6.72. The van der Waals surface area contributed by atoms with Crippen LogP contribution in [0, 0.1) is 11.8 Å². The summed E-state index contributed by atoms with van der Waals surface area (Å²) < 4.78 is 0. The summed E-state index contributed by atoms with van der Waals surface area (Å²) in [4.78, 5) is 12.1. The summed E-state index contributed by atoms with van der Waals surface area (Å²) in [5.41, 5.74) is 1.81. The standard InChI is InChI=1S/C16H21NO/c1-12(2)13-8-10-14(11-9-13)16(18)17-15-6-4-3-5-7-15/h3-7,10,12-13H,8-9,11H2,1-2H3,(H,17,18)/t13-/m0/s1. The number of allylic oxidation sites excluding steroid dienone is 1. The third kappa shape index (κ3) is 3.22. The largest absolute Gasteiger partial charge is 0.322 e. The summed E-state index contributed by atoms with van der Waals surface area (Å²) >= 11 is 0. The first kappa shape index (κ1) is 12.9. The van der Waals surface area contributed by atoms with Crippen LogP contribution in [0.25, 0.3) is 0 Å². The quantitative estimate of drug-likeness (QED) is 0.854. The van der Waals surface area contributed by atoms with Gasteiger partial charge < -0.3 is 5.32 Å². The molecule has 96 valence electrons. The van der Waals surface area contributed by atoms with Crippen LogP contribution in [-0.4, -0.2) is 5.91 Å². The van der Waals surface area contributed by atoms with Crippen LogP contribution in [0.15, 0.2) is 42.0 Å². The van der Waals surface area contributed by atoms with E-state index in [1.165, 1.54) is 0 Å². The van der Waals surface area contributed by atoms with Crippen molar-refractivity contribution >= 4 is 11.6 Å². The van der Waals surface area contributed by atoms with Gasteiger partial charge in [0.2, 0.25) is 0 Å². The molecule has 0 bridgehead atoms. The highest BCUT2D eigenvalue weighted by molar-refractivity contribution is 6.03. The Kier molecular flexibility index (Phi) is 4.19. The molecule has 18 heavy (non-hydrogen) atoms. The van der Waals surface area contributed by atoms with Crippen molar-refractivity contribution in [2.45, 2.75) is 33.1 Å². The molecule has 0 unspecified atom stereocenters. The van der Waals surface area contributed by atoms with Crippen molar-refractivity contribution in [1.29, 1.82) is 0 Å². The van der Waals surface area contributed by atoms with E-state index in [-0.39, 0.29) is 5.91 Å². The van der Waals surface area contributed by atoms with Gasteiger partial charge in [-0.2, -0.15) is 0 Å². The van der Waals surface area contributed by atoms with Crippen LogP contribution in [0.5, 0.6) is 0 Å². The number of hydrogen-bond acceptors (Lipinski definition) is 1. The second-order valence-corrected chi connectivity index (χ2v) is 5.33. The maximum absolute atomic E-state index is 12.1. The summed E-state index contributed by atoms with van der Waals surface area (Å²) in [5, 5.41) is 2.95. The number of benzene rings is 1. The lowest BCUT2D eigenvalue weighted by Crippen LogP contribution is -2.20. The van der Waals surface area contributed by atoms with E-state index >= 15 is 0 Å². The Morgan fingerprint density at radius 1 is 1.28 bits per heavy atom. The second-order valence-electron chi connectivity index (χ2n) is 5.33. The van der Waals surface area contributed by atoms with Gasteiger partial charge in [0.25, 0.3) is 5.91 Å². The van der Waals surface area contributed by atoms with Crippen molar-refractivity contribution in [2.24, 2.45) is 11.8 Å². The fourth-order valence-corrected chi connectivity index (χ4v) is 2.40. The first-order chi connectivity index (χ1) is 8.66. The predicted octanol–water partition coefficient (Wildman–Crippen LogP) is 4.01. The van der Waals surface area contributed by atoms with Crippen molar-refractivity contribution in [2.75, 3.05) is 5.32 Å². The summed E-state index contributed by atoms with van der Waals surface area (Å²) in [7, 11) is 0. The van der Waals surface area contributed by atoms with E-state index in [1.807, 2.05) is 30.3 Å². The first-order valence-corrected chi connectivity index (χ1v) is 6.72. The Balaban J connectivity index is 1.95. The molecular weight excluding hydrogens is 222 g/mol. The molecule has 0 heterocycles. The highest BCUT2D eigenvalue weighted by Crippen LogP contribution is 2.29. The third-order valence-corrected chi connectivity index (χ3v) is 3.72. The van der Waals surface area contributed by atoms with Crippen molar-refractivity contribution in [1.82, 2.24) is 0 Å². The average molecular weight is 243 g/mol. The molecule has 0 saturated heterocycles. The number of carbonyl (C=O) groups is 1. The van der Waals surface area contributed by atoms with Crippen LogP contribution in [-0.2, 0) is 4.79 Å². The van der Waals surface area contributed by atoms with Gasteiger partial charge in [0.05, 0.1) is 0 Å². The van der Waals surface area contributed by atoms with Crippen molar-refractivity contribution in [3.8, 4) is 0 Å². The maximum atomic E-state index is 12.1. The van der Waals surface area contributed by atoms with E-state index < -0.39 is 0 Å². The topological polar surface area (TPSA) is 29.1 Å². The Morgan fingerprint density at radius 2 is 2.00 bits per heavy atom. The number of nitrogens with one attached hydrogen (secondary N) is 1. The number of hydrogen-bond donors (Lipinski definition) is 1. The fraction of sp³-hybridized carbons (Fsp3) is 0.438. The van der Waals surface area contributed by atoms with E-state index in [1.54, 1.807) is 0 Å². The molecule has 1 atom stereocenters. The molecule has 0 radical (unpaired) electrons. The molecule has 0 aliphatic heterocycles. The van der Waals surface area contributed by atoms with Crippen molar-refractivity contribution in [3.05, 3.63) is 42.0 Å². The number of amides is 1. The van der Waals surface area contributed by atoms with Gasteiger partial charge in [0.1, 0.15) is 0 Å². The molecule has 2 heteroatoms. The summed E-state index contributed by atoms with van der Waals surface area (Å²) in [6.07, 6.45) is 5.19. The normalized spacial score (nSPS) is 19.5. The molecule has 2 rings (SSSR count). The molecule has 1 aliphatic carbocycles. The Morgan fingerprint density at radius 3 is 2.56 bits per heavy atom. The Labute approximate surface area is 109 Å². The van der Waals surface area contributed by atoms with Crippen LogP contribution < -0.4 is 5.32 Å². The Hall–Kier alpha value is -1.57. The van der Waals surface area contributed by atoms with Crippen LogP contribution in [0.2, 0.25) is 0 Å². The molecule has 2 nitrogen and oxygen atoms in total. The fourth-order valence-electron chi connectivity index (χ4n) is 2.40. The smallest absolute Gasteiger partial charge is 0.251 e. The van der Waals surface area contributed by atoms with E-state index in [9.17, 15) is 4.79 Å². The molecule has 1 N–H and O–H groups in total. The summed E-state index contributed by atoms with van der Waals surface area (Å²) in [6, 6.07) is 9.64. The van der Waals surface area contributed by atoms with Gasteiger partial charge in [-0.15, -0.1) is 0 Å². The zero-order chi connectivity index (χ0) is 13.0. The summed E-state index contributed by atoms with van der Waals surface area (Å²) in [6.45, 7) is 4.51. The lowest BCUT2D eigenvalue weighted by atomic mass is 9.82. The third-order valence-electron chi connectivity index (χ3n) is 3.72. The lowest BCUT2D eigenvalue weighted by molar-refractivity contribution is -0.113. The van der Waals surface area contributed by atoms with Crippen LogP contribution in [0.1, 0.15) is 33.1 Å².